The van der Waals surface area contributed by atoms with Gasteiger partial charge in [0.1, 0.15) is 12.4 Å². The number of ether oxygens (including phenoxy) is 1. The van der Waals surface area contributed by atoms with Gasteiger partial charge in [0.15, 0.2) is 0 Å². The zero-order valence-corrected chi connectivity index (χ0v) is 11.9. The summed E-state index contributed by atoms with van der Waals surface area (Å²) in [5.41, 5.74) is 2.17. The first-order valence-electron chi connectivity index (χ1n) is 6.37. The Morgan fingerprint density at radius 3 is 2.47 bits per heavy atom. The Hall–Kier alpha value is -1.67. The number of hydrogen-bond donors (Lipinski definition) is 1. The van der Waals surface area contributed by atoms with E-state index in [-0.39, 0.29) is 0 Å². The van der Waals surface area contributed by atoms with Crippen LogP contribution < -0.4 is 10.1 Å². The van der Waals surface area contributed by atoms with E-state index in [1.807, 2.05) is 48.5 Å². The first-order chi connectivity index (χ1) is 9.13. The third kappa shape index (κ3) is 4.49. The molecule has 19 heavy (non-hydrogen) atoms. The summed E-state index contributed by atoms with van der Waals surface area (Å²) in [6.45, 7) is 4.75. The van der Waals surface area contributed by atoms with Crippen LogP contribution in [0.15, 0.2) is 48.5 Å². The molecule has 0 bridgehead atoms. The summed E-state index contributed by atoms with van der Waals surface area (Å²) in [5, 5.41) is 4.07. The second-order valence-corrected chi connectivity index (χ2v) is 5.18. The van der Waals surface area contributed by atoms with E-state index in [1.54, 1.807) is 0 Å². The molecule has 2 nitrogen and oxygen atoms in total. The molecule has 0 aliphatic carbocycles. The van der Waals surface area contributed by atoms with E-state index in [0.717, 1.165) is 22.0 Å². The van der Waals surface area contributed by atoms with Crippen LogP contribution >= 0.6 is 11.6 Å². The summed E-state index contributed by atoms with van der Waals surface area (Å²) >= 11 is 5.93. The Kier molecular flexibility index (Phi) is 4.69. The molecule has 0 unspecified atom stereocenters. The fraction of sp³-hybridized carbons (Fsp3) is 0.250. The molecule has 0 atom stereocenters. The van der Waals surface area contributed by atoms with E-state index >= 15 is 0 Å². The summed E-state index contributed by atoms with van der Waals surface area (Å²) in [4.78, 5) is 0. The van der Waals surface area contributed by atoms with E-state index in [0.29, 0.717) is 12.6 Å². The molecule has 100 valence electrons. The molecule has 3 heteroatoms. The first-order valence-corrected chi connectivity index (χ1v) is 6.75. The van der Waals surface area contributed by atoms with Gasteiger partial charge in [-0.05, 0) is 55.8 Å². The van der Waals surface area contributed by atoms with Gasteiger partial charge in [-0.15, -0.1) is 0 Å². The van der Waals surface area contributed by atoms with Gasteiger partial charge in [0.25, 0.3) is 0 Å². The molecule has 0 heterocycles. The standard InChI is InChI=1S/C16H18ClNO/c1-12(2)18-15-6-8-16(9-7-15)19-11-13-4-3-5-14(17)10-13/h3-10,12,18H,11H2,1-2H3. The van der Waals surface area contributed by atoms with Crippen molar-refractivity contribution in [2.45, 2.75) is 26.5 Å². The summed E-state index contributed by atoms with van der Waals surface area (Å²) in [6.07, 6.45) is 0. The van der Waals surface area contributed by atoms with Crippen molar-refractivity contribution in [2.24, 2.45) is 0 Å². The lowest BCUT2D eigenvalue weighted by Crippen LogP contribution is -2.09. The topological polar surface area (TPSA) is 21.3 Å². The van der Waals surface area contributed by atoms with Crippen molar-refractivity contribution >= 4 is 17.3 Å². The van der Waals surface area contributed by atoms with Gasteiger partial charge in [0.05, 0.1) is 0 Å². The van der Waals surface area contributed by atoms with E-state index < -0.39 is 0 Å². The van der Waals surface area contributed by atoms with Crippen LogP contribution in [0, 0.1) is 0 Å². The SMILES string of the molecule is CC(C)Nc1ccc(OCc2cccc(Cl)c2)cc1. The van der Waals surface area contributed by atoms with E-state index in [2.05, 4.69) is 19.2 Å². The summed E-state index contributed by atoms with van der Waals surface area (Å²) in [7, 11) is 0. The van der Waals surface area contributed by atoms with Crippen LogP contribution in [0.2, 0.25) is 5.02 Å². The normalized spacial score (nSPS) is 10.5. The first kappa shape index (κ1) is 13.8. The molecule has 2 aromatic carbocycles. The summed E-state index contributed by atoms with van der Waals surface area (Å²) < 4.78 is 5.72. The third-order valence-electron chi connectivity index (χ3n) is 2.60. The Balaban J connectivity index is 1.93. The number of halogens is 1. The lowest BCUT2D eigenvalue weighted by atomic mass is 10.2. The van der Waals surface area contributed by atoms with Crippen molar-refractivity contribution < 1.29 is 4.74 Å². The van der Waals surface area contributed by atoms with Crippen LogP contribution in [0.4, 0.5) is 5.69 Å². The lowest BCUT2D eigenvalue weighted by Gasteiger charge is -2.11. The van der Waals surface area contributed by atoms with Crippen molar-refractivity contribution in [3.63, 3.8) is 0 Å². The molecule has 0 aliphatic rings. The second-order valence-electron chi connectivity index (χ2n) is 4.74. The molecule has 0 aliphatic heterocycles. The largest absolute Gasteiger partial charge is 0.489 e. The highest BCUT2D eigenvalue weighted by Crippen LogP contribution is 2.18. The van der Waals surface area contributed by atoms with Gasteiger partial charge in [0, 0.05) is 16.8 Å². The highest BCUT2D eigenvalue weighted by atomic mass is 35.5. The Bertz CT molecular complexity index is 523. The highest BCUT2D eigenvalue weighted by Gasteiger charge is 1.99. The Labute approximate surface area is 119 Å². The molecule has 0 fully saturated rings. The van der Waals surface area contributed by atoms with Gasteiger partial charge >= 0.3 is 0 Å². The van der Waals surface area contributed by atoms with Crippen molar-refractivity contribution in [2.75, 3.05) is 5.32 Å². The molecule has 0 amide bonds. The minimum atomic E-state index is 0.429. The number of anilines is 1. The van der Waals surface area contributed by atoms with Gasteiger partial charge in [0.2, 0.25) is 0 Å². The van der Waals surface area contributed by atoms with Crippen molar-refractivity contribution in [1.82, 2.24) is 0 Å². The minimum Gasteiger partial charge on any atom is -0.489 e. The maximum Gasteiger partial charge on any atom is 0.119 e. The zero-order chi connectivity index (χ0) is 13.7. The van der Waals surface area contributed by atoms with Gasteiger partial charge in [-0.1, -0.05) is 23.7 Å². The maximum atomic E-state index is 5.93. The van der Waals surface area contributed by atoms with Crippen LogP contribution in [-0.4, -0.2) is 6.04 Å². The van der Waals surface area contributed by atoms with Crippen LogP contribution in [0.3, 0.4) is 0 Å². The molecular weight excluding hydrogens is 258 g/mol. The zero-order valence-electron chi connectivity index (χ0n) is 11.2. The van der Waals surface area contributed by atoms with Crippen molar-refractivity contribution in [1.29, 1.82) is 0 Å². The predicted molar refractivity (Wildman–Crippen MR) is 81.0 cm³/mol. The van der Waals surface area contributed by atoms with E-state index in [1.165, 1.54) is 0 Å². The molecule has 1 N–H and O–H groups in total. The lowest BCUT2D eigenvalue weighted by molar-refractivity contribution is 0.306. The fourth-order valence-corrected chi connectivity index (χ4v) is 1.99. The van der Waals surface area contributed by atoms with Crippen LogP contribution in [0.25, 0.3) is 0 Å². The Morgan fingerprint density at radius 2 is 1.84 bits per heavy atom. The molecule has 2 aromatic rings. The quantitative estimate of drug-likeness (QED) is 0.851. The number of rotatable bonds is 5. The summed E-state index contributed by atoms with van der Waals surface area (Å²) in [5.74, 6) is 0.856. The van der Waals surface area contributed by atoms with Gasteiger partial charge < -0.3 is 10.1 Å². The van der Waals surface area contributed by atoms with Gasteiger partial charge in [-0.2, -0.15) is 0 Å². The predicted octanol–water partition coefficient (Wildman–Crippen LogP) is 4.74. The van der Waals surface area contributed by atoms with Crippen molar-refractivity contribution in [3.05, 3.63) is 59.1 Å². The molecule has 0 radical (unpaired) electrons. The highest BCUT2D eigenvalue weighted by molar-refractivity contribution is 6.30. The summed E-state index contributed by atoms with van der Waals surface area (Å²) in [6, 6.07) is 16.1. The molecule has 0 saturated heterocycles. The average Bonchev–Trinajstić information content (AvgIpc) is 2.37. The smallest absolute Gasteiger partial charge is 0.119 e. The number of hydrogen-bond acceptors (Lipinski definition) is 2. The van der Waals surface area contributed by atoms with Crippen LogP contribution in [0.1, 0.15) is 19.4 Å². The van der Waals surface area contributed by atoms with Crippen molar-refractivity contribution in [3.8, 4) is 5.75 Å². The Morgan fingerprint density at radius 1 is 1.11 bits per heavy atom. The number of nitrogens with one attached hydrogen (secondary N) is 1. The molecule has 0 spiro atoms. The van der Waals surface area contributed by atoms with Crippen LogP contribution in [0.5, 0.6) is 5.75 Å². The number of benzene rings is 2. The van der Waals surface area contributed by atoms with Gasteiger partial charge in [-0.3, -0.25) is 0 Å². The van der Waals surface area contributed by atoms with E-state index in [4.69, 9.17) is 16.3 Å². The third-order valence-corrected chi connectivity index (χ3v) is 2.84. The monoisotopic (exact) mass is 275 g/mol. The second kappa shape index (κ2) is 6.48. The fourth-order valence-electron chi connectivity index (χ4n) is 1.77. The molecular formula is C16H18ClNO. The maximum absolute atomic E-state index is 5.93. The molecule has 2 rings (SSSR count). The van der Waals surface area contributed by atoms with Crippen LogP contribution in [-0.2, 0) is 6.61 Å². The molecule has 0 aromatic heterocycles. The average molecular weight is 276 g/mol. The van der Waals surface area contributed by atoms with Gasteiger partial charge in [-0.25, -0.2) is 0 Å². The van der Waals surface area contributed by atoms with E-state index in [9.17, 15) is 0 Å². The minimum absolute atomic E-state index is 0.429. The molecule has 0 saturated carbocycles.